The maximum atomic E-state index is 12.6. The first kappa shape index (κ1) is 24.7. The zero-order chi connectivity index (χ0) is 26.4. The van der Waals surface area contributed by atoms with Crippen molar-refractivity contribution < 1.29 is 28.9 Å². The van der Waals surface area contributed by atoms with Crippen LogP contribution in [0.1, 0.15) is 32.1 Å². The molecule has 0 aliphatic heterocycles. The summed E-state index contributed by atoms with van der Waals surface area (Å²) in [5, 5.41) is 30.1. The van der Waals surface area contributed by atoms with Gasteiger partial charge < -0.3 is 9.47 Å². The van der Waals surface area contributed by atoms with E-state index in [0.29, 0.717) is 5.69 Å². The van der Waals surface area contributed by atoms with Crippen LogP contribution >= 0.6 is 0 Å². The molecule has 0 saturated carbocycles. The Morgan fingerprint density at radius 1 is 0.757 bits per heavy atom. The van der Waals surface area contributed by atoms with Crippen LogP contribution in [0.5, 0.6) is 0 Å². The maximum absolute atomic E-state index is 12.6. The smallest absolute Gasteiger partial charge is 0.338 e. The number of carbonyl (C=O) groups is 2. The summed E-state index contributed by atoms with van der Waals surface area (Å²) in [6.45, 7) is -0.703. The molecule has 4 rings (SSSR count). The van der Waals surface area contributed by atoms with E-state index in [1.807, 2.05) is 0 Å². The van der Waals surface area contributed by atoms with Gasteiger partial charge in [-0.05, 0) is 24.3 Å². The van der Waals surface area contributed by atoms with Crippen molar-refractivity contribution in [2.75, 3.05) is 0 Å². The Morgan fingerprint density at radius 3 is 1.84 bits per heavy atom. The summed E-state index contributed by atoms with van der Waals surface area (Å²) in [5.74, 6) is -1.64. The molecular weight excluding hydrogens is 486 g/mol. The molecule has 37 heavy (non-hydrogen) atoms. The molecule has 0 aliphatic carbocycles. The predicted octanol–water partition coefficient (Wildman–Crippen LogP) is 3.80. The largest absolute Gasteiger partial charge is 0.455 e. The van der Waals surface area contributed by atoms with Crippen LogP contribution in [-0.4, -0.2) is 36.8 Å². The summed E-state index contributed by atoms with van der Waals surface area (Å²) < 4.78 is 12.0. The van der Waals surface area contributed by atoms with Crippen LogP contribution < -0.4 is 0 Å². The van der Waals surface area contributed by atoms with Crippen molar-refractivity contribution in [3.8, 4) is 5.69 Å². The van der Waals surface area contributed by atoms with E-state index in [2.05, 4.69) is 10.3 Å². The molecule has 13 nitrogen and oxygen atoms in total. The first-order chi connectivity index (χ1) is 17.8. The Morgan fingerprint density at radius 2 is 1.30 bits per heavy atom. The van der Waals surface area contributed by atoms with E-state index in [0.717, 1.165) is 12.1 Å². The van der Waals surface area contributed by atoms with Gasteiger partial charge in [0, 0.05) is 24.3 Å². The molecule has 0 unspecified atom stereocenters. The molecule has 0 atom stereocenters. The highest BCUT2D eigenvalue weighted by atomic mass is 16.6. The molecule has 4 aromatic rings. The Hall–Kier alpha value is -5.46. The number of nitro groups is 2. The van der Waals surface area contributed by atoms with Crippen molar-refractivity contribution in [2.24, 2.45) is 0 Å². The van der Waals surface area contributed by atoms with E-state index in [9.17, 15) is 29.8 Å². The van der Waals surface area contributed by atoms with Gasteiger partial charge >= 0.3 is 11.9 Å². The monoisotopic (exact) mass is 503 g/mol. The first-order valence-corrected chi connectivity index (χ1v) is 10.7. The van der Waals surface area contributed by atoms with Gasteiger partial charge in [0.1, 0.15) is 24.6 Å². The van der Waals surface area contributed by atoms with Gasteiger partial charge in [-0.15, -0.1) is 5.10 Å². The summed E-state index contributed by atoms with van der Waals surface area (Å²) in [7, 11) is 0. The molecule has 0 N–H and O–H groups in total. The van der Waals surface area contributed by atoms with Gasteiger partial charge in [0.2, 0.25) is 0 Å². The SMILES string of the molecule is O=C(OCc1nnn(-c2ccccc2)c1COC(=O)c1cccc([N+](=O)[O-])c1)c1cccc([N+](=O)[O-])c1. The lowest BCUT2D eigenvalue weighted by Gasteiger charge is -2.10. The molecule has 0 amide bonds. The van der Waals surface area contributed by atoms with E-state index in [4.69, 9.17) is 9.47 Å². The minimum absolute atomic E-state index is 0.0217. The quantitative estimate of drug-likeness (QED) is 0.186. The maximum Gasteiger partial charge on any atom is 0.338 e. The number of benzene rings is 3. The average molecular weight is 503 g/mol. The molecule has 0 bridgehead atoms. The van der Waals surface area contributed by atoms with Gasteiger partial charge in [0.25, 0.3) is 11.4 Å². The Labute approximate surface area is 208 Å². The molecule has 186 valence electrons. The molecule has 0 fully saturated rings. The highest BCUT2D eigenvalue weighted by molar-refractivity contribution is 5.90. The van der Waals surface area contributed by atoms with E-state index in [-0.39, 0.29) is 47.1 Å². The van der Waals surface area contributed by atoms with Gasteiger partial charge in [-0.3, -0.25) is 20.2 Å². The number of rotatable bonds is 9. The standard InChI is InChI=1S/C24H17N5O8/c30-23(16-6-4-10-19(12-16)28(32)33)36-14-21-22(27(26-25-21)18-8-2-1-3-9-18)15-37-24(31)17-7-5-11-20(13-17)29(34)35/h1-13H,14-15H2. The van der Waals surface area contributed by atoms with E-state index < -0.39 is 21.8 Å². The number of nitro benzene ring substituents is 2. The van der Waals surface area contributed by atoms with Gasteiger partial charge in [-0.2, -0.15) is 0 Å². The number of esters is 2. The first-order valence-electron chi connectivity index (χ1n) is 10.7. The normalized spacial score (nSPS) is 10.5. The lowest BCUT2D eigenvalue weighted by atomic mass is 10.2. The average Bonchev–Trinajstić information content (AvgIpc) is 3.33. The number of non-ortho nitro benzene ring substituents is 2. The number of hydrogen-bond acceptors (Lipinski definition) is 10. The van der Waals surface area contributed by atoms with Crippen LogP contribution in [0.4, 0.5) is 11.4 Å². The molecule has 0 aliphatic rings. The van der Waals surface area contributed by atoms with Gasteiger partial charge in [-0.1, -0.05) is 35.5 Å². The van der Waals surface area contributed by atoms with Crippen molar-refractivity contribution in [1.82, 2.24) is 15.0 Å². The van der Waals surface area contributed by atoms with E-state index in [1.165, 1.54) is 41.1 Å². The Balaban J connectivity index is 1.55. The fourth-order valence-electron chi connectivity index (χ4n) is 3.29. The van der Waals surface area contributed by atoms with Crippen LogP contribution in [0, 0.1) is 20.2 Å². The predicted molar refractivity (Wildman–Crippen MR) is 126 cm³/mol. The third-order valence-electron chi connectivity index (χ3n) is 5.11. The van der Waals surface area contributed by atoms with Crippen LogP contribution in [0.25, 0.3) is 5.69 Å². The Kier molecular flexibility index (Phi) is 7.24. The molecule has 3 aromatic carbocycles. The Bertz CT molecular complexity index is 1490. The second-order valence-electron chi connectivity index (χ2n) is 7.50. The van der Waals surface area contributed by atoms with E-state index >= 15 is 0 Å². The number of hydrogen-bond donors (Lipinski definition) is 0. The second kappa shape index (κ2) is 10.9. The third-order valence-corrected chi connectivity index (χ3v) is 5.11. The number of ether oxygens (including phenoxy) is 2. The highest BCUT2D eigenvalue weighted by Gasteiger charge is 2.20. The zero-order valence-corrected chi connectivity index (χ0v) is 18.9. The van der Waals surface area contributed by atoms with E-state index in [1.54, 1.807) is 30.3 Å². The lowest BCUT2D eigenvalue weighted by molar-refractivity contribution is -0.385. The van der Waals surface area contributed by atoms with Crippen LogP contribution in [0.2, 0.25) is 0 Å². The van der Waals surface area contributed by atoms with Crippen molar-refractivity contribution in [3.05, 3.63) is 122 Å². The number of carbonyl (C=O) groups excluding carboxylic acids is 2. The summed E-state index contributed by atoms with van der Waals surface area (Å²) in [4.78, 5) is 45.8. The summed E-state index contributed by atoms with van der Waals surface area (Å²) in [6, 6.07) is 18.9. The lowest BCUT2D eigenvalue weighted by Crippen LogP contribution is -2.12. The molecule has 1 heterocycles. The highest BCUT2D eigenvalue weighted by Crippen LogP contribution is 2.19. The number of nitrogens with zero attached hydrogens (tertiary/aromatic N) is 5. The van der Waals surface area contributed by atoms with Crippen molar-refractivity contribution >= 4 is 23.3 Å². The van der Waals surface area contributed by atoms with Crippen molar-refractivity contribution in [1.29, 1.82) is 0 Å². The minimum Gasteiger partial charge on any atom is -0.455 e. The van der Waals surface area contributed by atoms with Crippen molar-refractivity contribution in [3.63, 3.8) is 0 Å². The molecule has 13 heteroatoms. The molecular formula is C24H17N5O8. The second-order valence-corrected chi connectivity index (χ2v) is 7.50. The molecule has 1 aromatic heterocycles. The molecule has 0 radical (unpaired) electrons. The molecule has 0 saturated heterocycles. The minimum atomic E-state index is -0.822. The van der Waals surface area contributed by atoms with Gasteiger partial charge in [0.15, 0.2) is 0 Å². The summed E-state index contributed by atoms with van der Waals surface area (Å²) in [6.07, 6.45) is 0. The van der Waals surface area contributed by atoms with Gasteiger partial charge in [-0.25, -0.2) is 14.3 Å². The van der Waals surface area contributed by atoms with Gasteiger partial charge in [0.05, 0.1) is 26.7 Å². The fourth-order valence-corrected chi connectivity index (χ4v) is 3.29. The summed E-state index contributed by atoms with van der Waals surface area (Å²) in [5.41, 5.74) is 0.478. The van der Waals surface area contributed by atoms with Crippen molar-refractivity contribution in [2.45, 2.75) is 13.2 Å². The number of para-hydroxylation sites is 1. The molecule has 0 spiro atoms. The number of aromatic nitrogens is 3. The van der Waals surface area contributed by atoms with Crippen LogP contribution in [0.15, 0.2) is 78.9 Å². The van der Waals surface area contributed by atoms with Crippen LogP contribution in [-0.2, 0) is 22.7 Å². The summed E-state index contributed by atoms with van der Waals surface area (Å²) >= 11 is 0. The zero-order valence-electron chi connectivity index (χ0n) is 18.9. The third kappa shape index (κ3) is 5.79. The fraction of sp³-hybridized carbons (Fsp3) is 0.0833. The van der Waals surface area contributed by atoms with Crippen LogP contribution in [0.3, 0.4) is 0 Å². The topological polar surface area (TPSA) is 170 Å².